The van der Waals surface area contributed by atoms with Crippen LogP contribution in [0.3, 0.4) is 0 Å². The lowest BCUT2D eigenvalue weighted by atomic mass is 10.2. The molecular weight excluding hydrogens is 240 g/mol. The number of hydrogen-bond acceptors (Lipinski definition) is 4. The van der Waals surface area contributed by atoms with Crippen LogP contribution in [0.25, 0.3) is 0 Å². The molecule has 16 heavy (non-hydrogen) atoms. The first-order valence-electron chi connectivity index (χ1n) is 4.96. The fourth-order valence-corrected chi connectivity index (χ4v) is 2.62. The summed E-state index contributed by atoms with van der Waals surface area (Å²) in [6.07, 6.45) is 1.82. The van der Waals surface area contributed by atoms with E-state index in [9.17, 15) is 4.79 Å². The summed E-state index contributed by atoms with van der Waals surface area (Å²) in [7, 11) is 0. The monoisotopic (exact) mass is 252 g/mol. The van der Waals surface area contributed by atoms with Crippen LogP contribution in [0.5, 0.6) is 0 Å². The van der Waals surface area contributed by atoms with Gasteiger partial charge in [-0.05, 0) is 17.4 Å². The van der Waals surface area contributed by atoms with Gasteiger partial charge in [-0.3, -0.25) is 10.1 Å². The van der Waals surface area contributed by atoms with Gasteiger partial charge in [-0.2, -0.15) is 11.3 Å². The normalized spacial score (nSPS) is 10.7. The van der Waals surface area contributed by atoms with Crippen molar-refractivity contribution in [3.05, 3.63) is 33.5 Å². The first-order valence-corrected chi connectivity index (χ1v) is 6.72. The Kier molecular flexibility index (Phi) is 3.36. The Balaban J connectivity index is 2.07. The average Bonchev–Trinajstić information content (AvgIpc) is 2.87. The van der Waals surface area contributed by atoms with E-state index in [1.54, 1.807) is 6.07 Å². The van der Waals surface area contributed by atoms with Crippen molar-refractivity contribution in [1.82, 2.24) is 4.98 Å². The minimum Gasteiger partial charge on any atom is -0.298 e. The summed E-state index contributed by atoms with van der Waals surface area (Å²) < 4.78 is 0. The van der Waals surface area contributed by atoms with E-state index in [-0.39, 0.29) is 5.91 Å². The van der Waals surface area contributed by atoms with Crippen LogP contribution < -0.4 is 5.32 Å². The summed E-state index contributed by atoms with van der Waals surface area (Å²) >= 11 is 3.04. The zero-order valence-corrected chi connectivity index (χ0v) is 10.7. The molecule has 0 saturated carbocycles. The lowest BCUT2D eigenvalue weighted by molar-refractivity contribution is 0.102. The fourth-order valence-electron chi connectivity index (χ4n) is 1.17. The number of aromatic nitrogens is 1. The van der Waals surface area contributed by atoms with E-state index in [1.807, 2.05) is 17.0 Å². The van der Waals surface area contributed by atoms with Crippen molar-refractivity contribution in [2.75, 3.05) is 5.32 Å². The fraction of sp³-hybridized carbons (Fsp3) is 0.273. The molecule has 84 valence electrons. The van der Waals surface area contributed by atoms with Gasteiger partial charge < -0.3 is 0 Å². The van der Waals surface area contributed by atoms with Gasteiger partial charge in [0.15, 0.2) is 5.13 Å². The average molecular weight is 252 g/mol. The van der Waals surface area contributed by atoms with Crippen molar-refractivity contribution in [2.24, 2.45) is 0 Å². The van der Waals surface area contributed by atoms with Crippen LogP contribution in [-0.2, 0) is 0 Å². The Morgan fingerprint density at radius 3 is 2.88 bits per heavy atom. The molecule has 0 aromatic carbocycles. The number of carbonyl (C=O) groups is 1. The highest BCUT2D eigenvalue weighted by Gasteiger charge is 2.10. The highest BCUT2D eigenvalue weighted by molar-refractivity contribution is 7.15. The van der Waals surface area contributed by atoms with E-state index >= 15 is 0 Å². The van der Waals surface area contributed by atoms with Gasteiger partial charge in [0.2, 0.25) is 0 Å². The summed E-state index contributed by atoms with van der Waals surface area (Å²) in [5.74, 6) is 0.357. The van der Waals surface area contributed by atoms with Crippen LogP contribution >= 0.6 is 22.7 Å². The van der Waals surface area contributed by atoms with Gasteiger partial charge in [0, 0.05) is 16.5 Å². The first kappa shape index (κ1) is 11.3. The van der Waals surface area contributed by atoms with Crippen molar-refractivity contribution in [3.63, 3.8) is 0 Å². The number of carbonyl (C=O) groups excluding carboxylic acids is 1. The highest BCUT2D eigenvalue weighted by Crippen LogP contribution is 2.25. The Morgan fingerprint density at radius 2 is 2.31 bits per heavy atom. The second-order valence-electron chi connectivity index (χ2n) is 3.69. The number of rotatable bonds is 3. The summed E-state index contributed by atoms with van der Waals surface area (Å²) in [6, 6.07) is 1.80. The molecule has 2 aromatic heterocycles. The molecule has 0 aliphatic rings. The molecule has 0 spiro atoms. The van der Waals surface area contributed by atoms with Crippen molar-refractivity contribution >= 4 is 33.7 Å². The SMILES string of the molecule is CC(C)c1cnc(NC(=O)c2ccsc2)s1. The van der Waals surface area contributed by atoms with Gasteiger partial charge in [0.05, 0.1) is 5.56 Å². The molecular formula is C11H12N2OS2. The largest absolute Gasteiger partial charge is 0.298 e. The molecule has 0 bridgehead atoms. The number of nitrogens with one attached hydrogen (secondary N) is 1. The number of anilines is 1. The maximum absolute atomic E-state index is 11.7. The molecule has 2 aromatic rings. The lowest BCUT2D eigenvalue weighted by Crippen LogP contribution is -2.10. The molecule has 1 N–H and O–H groups in total. The van der Waals surface area contributed by atoms with Crippen LogP contribution in [0.15, 0.2) is 23.0 Å². The molecule has 0 aliphatic carbocycles. The van der Waals surface area contributed by atoms with Crippen molar-refractivity contribution in [1.29, 1.82) is 0 Å². The molecule has 0 unspecified atom stereocenters. The zero-order valence-electron chi connectivity index (χ0n) is 9.06. The zero-order chi connectivity index (χ0) is 11.5. The van der Waals surface area contributed by atoms with Gasteiger partial charge in [-0.25, -0.2) is 4.98 Å². The number of thiophene rings is 1. The number of amides is 1. The lowest BCUT2D eigenvalue weighted by Gasteiger charge is -1.98. The highest BCUT2D eigenvalue weighted by atomic mass is 32.1. The second-order valence-corrected chi connectivity index (χ2v) is 5.53. The Hall–Kier alpha value is -1.20. The van der Waals surface area contributed by atoms with Crippen molar-refractivity contribution < 1.29 is 4.79 Å². The molecule has 0 radical (unpaired) electrons. The standard InChI is InChI=1S/C11H12N2OS2/c1-7(2)9-5-12-11(16-9)13-10(14)8-3-4-15-6-8/h3-7H,1-2H3,(H,12,13,14). The quantitative estimate of drug-likeness (QED) is 0.907. The predicted octanol–water partition coefficient (Wildman–Crippen LogP) is 3.58. The van der Waals surface area contributed by atoms with Crippen LogP contribution in [0.2, 0.25) is 0 Å². The third-order valence-electron chi connectivity index (χ3n) is 2.10. The minimum absolute atomic E-state index is 0.0918. The van der Waals surface area contributed by atoms with Crippen molar-refractivity contribution in [3.8, 4) is 0 Å². The Bertz CT molecular complexity index is 474. The first-order chi connectivity index (χ1) is 7.66. The summed E-state index contributed by atoms with van der Waals surface area (Å²) in [6.45, 7) is 4.22. The topological polar surface area (TPSA) is 42.0 Å². The van der Waals surface area contributed by atoms with Gasteiger partial charge >= 0.3 is 0 Å². The smallest absolute Gasteiger partial charge is 0.258 e. The van der Waals surface area contributed by atoms with E-state index in [2.05, 4.69) is 24.1 Å². The molecule has 2 rings (SSSR count). The van der Waals surface area contributed by atoms with E-state index in [0.717, 1.165) is 0 Å². The van der Waals surface area contributed by atoms with Gasteiger partial charge in [-0.1, -0.05) is 13.8 Å². The van der Waals surface area contributed by atoms with E-state index in [4.69, 9.17) is 0 Å². The molecule has 0 saturated heterocycles. The summed E-state index contributed by atoms with van der Waals surface area (Å²) in [4.78, 5) is 17.1. The summed E-state index contributed by atoms with van der Waals surface area (Å²) in [5.41, 5.74) is 0.686. The molecule has 0 atom stereocenters. The molecule has 3 nitrogen and oxygen atoms in total. The van der Waals surface area contributed by atoms with Gasteiger partial charge in [0.25, 0.3) is 5.91 Å². The number of nitrogens with zero attached hydrogens (tertiary/aromatic N) is 1. The maximum Gasteiger partial charge on any atom is 0.258 e. The third-order valence-corrected chi connectivity index (χ3v) is 3.99. The predicted molar refractivity (Wildman–Crippen MR) is 68.5 cm³/mol. The second kappa shape index (κ2) is 4.76. The van der Waals surface area contributed by atoms with Crippen LogP contribution in [-0.4, -0.2) is 10.9 Å². The van der Waals surface area contributed by atoms with E-state index in [1.165, 1.54) is 27.6 Å². The van der Waals surface area contributed by atoms with Gasteiger partial charge in [0.1, 0.15) is 0 Å². The van der Waals surface area contributed by atoms with Crippen molar-refractivity contribution in [2.45, 2.75) is 19.8 Å². The third kappa shape index (κ3) is 2.48. The Morgan fingerprint density at radius 1 is 1.50 bits per heavy atom. The minimum atomic E-state index is -0.0918. The molecule has 0 fully saturated rings. The summed E-state index contributed by atoms with van der Waals surface area (Å²) in [5, 5.41) is 7.17. The molecule has 2 heterocycles. The van der Waals surface area contributed by atoms with E-state index in [0.29, 0.717) is 16.6 Å². The van der Waals surface area contributed by atoms with Crippen LogP contribution in [0, 0.1) is 0 Å². The number of hydrogen-bond donors (Lipinski definition) is 1. The Labute approximate surface area is 102 Å². The number of thiazole rings is 1. The molecule has 5 heteroatoms. The van der Waals surface area contributed by atoms with Crippen LogP contribution in [0.4, 0.5) is 5.13 Å². The van der Waals surface area contributed by atoms with Crippen LogP contribution in [0.1, 0.15) is 35.0 Å². The van der Waals surface area contributed by atoms with Gasteiger partial charge in [-0.15, -0.1) is 11.3 Å². The molecule has 0 aliphatic heterocycles. The van der Waals surface area contributed by atoms with E-state index < -0.39 is 0 Å². The maximum atomic E-state index is 11.7. The molecule has 1 amide bonds.